The molecule has 5 heteroatoms. The maximum atomic E-state index is 13.2. The zero-order valence-electron chi connectivity index (χ0n) is 10.8. The average molecular weight is 296 g/mol. The van der Waals surface area contributed by atoms with Crippen LogP contribution >= 0.6 is 24.0 Å². The van der Waals surface area contributed by atoms with Crippen molar-refractivity contribution in [3.8, 4) is 0 Å². The number of hydrogen-bond donors (Lipinski definition) is 2. The third-order valence-corrected chi connectivity index (χ3v) is 3.22. The first-order chi connectivity index (χ1) is 7.71. The molecule has 0 spiro atoms. The Morgan fingerprint density at radius 3 is 2.39 bits per heavy atom. The summed E-state index contributed by atoms with van der Waals surface area (Å²) in [5, 5.41) is 10.0. The molecule has 0 amide bonds. The van der Waals surface area contributed by atoms with E-state index in [4.69, 9.17) is 17.3 Å². The van der Waals surface area contributed by atoms with Crippen molar-refractivity contribution in [1.29, 1.82) is 0 Å². The molecular weight excluding hydrogens is 276 g/mol. The molecule has 1 rings (SSSR count). The lowest BCUT2D eigenvalue weighted by Crippen LogP contribution is -2.36. The molecule has 104 valence electrons. The Morgan fingerprint density at radius 2 is 1.94 bits per heavy atom. The van der Waals surface area contributed by atoms with E-state index in [-0.39, 0.29) is 28.9 Å². The molecule has 0 fully saturated rings. The van der Waals surface area contributed by atoms with Gasteiger partial charge in [0, 0.05) is 6.04 Å². The summed E-state index contributed by atoms with van der Waals surface area (Å²) in [4.78, 5) is 0. The molecule has 2 nitrogen and oxygen atoms in total. The van der Waals surface area contributed by atoms with Gasteiger partial charge in [-0.3, -0.25) is 0 Å². The summed E-state index contributed by atoms with van der Waals surface area (Å²) < 4.78 is 13.2. The minimum atomic E-state index is -0.768. The van der Waals surface area contributed by atoms with E-state index in [1.54, 1.807) is 6.07 Å². The summed E-state index contributed by atoms with van der Waals surface area (Å²) in [6.45, 7) is 6.02. The molecule has 0 aromatic heterocycles. The van der Waals surface area contributed by atoms with Crippen molar-refractivity contribution in [3.05, 3.63) is 34.6 Å². The molecule has 1 aromatic rings. The Labute approximate surface area is 119 Å². The van der Waals surface area contributed by atoms with Gasteiger partial charge >= 0.3 is 0 Å². The van der Waals surface area contributed by atoms with Gasteiger partial charge in [-0.2, -0.15) is 0 Å². The molecule has 1 aromatic carbocycles. The van der Waals surface area contributed by atoms with E-state index in [9.17, 15) is 9.50 Å². The molecule has 0 radical (unpaired) electrons. The van der Waals surface area contributed by atoms with Gasteiger partial charge in [0.15, 0.2) is 0 Å². The van der Waals surface area contributed by atoms with Gasteiger partial charge in [-0.1, -0.05) is 38.4 Å². The molecule has 0 aliphatic heterocycles. The highest BCUT2D eigenvalue weighted by atomic mass is 35.5. The van der Waals surface area contributed by atoms with Gasteiger partial charge in [0.05, 0.1) is 11.1 Å². The fourth-order valence-corrected chi connectivity index (χ4v) is 1.57. The van der Waals surface area contributed by atoms with E-state index < -0.39 is 11.9 Å². The van der Waals surface area contributed by atoms with Gasteiger partial charge in [0.2, 0.25) is 0 Å². The Balaban J connectivity index is 0.00000289. The zero-order chi connectivity index (χ0) is 13.2. The number of aliphatic hydroxyl groups excluding tert-OH is 1. The maximum absolute atomic E-state index is 13.2. The monoisotopic (exact) mass is 295 g/mol. The van der Waals surface area contributed by atoms with Crippen molar-refractivity contribution >= 4 is 24.0 Å². The van der Waals surface area contributed by atoms with Crippen LogP contribution in [-0.4, -0.2) is 11.1 Å². The van der Waals surface area contributed by atoms with Crippen molar-refractivity contribution in [2.24, 2.45) is 11.1 Å². The van der Waals surface area contributed by atoms with Crippen molar-refractivity contribution in [2.45, 2.75) is 39.3 Å². The first-order valence-corrected chi connectivity index (χ1v) is 5.98. The fraction of sp³-hybridized carbons (Fsp3) is 0.538. The summed E-state index contributed by atoms with van der Waals surface area (Å²) in [7, 11) is 0. The number of hydrogen-bond acceptors (Lipinski definition) is 2. The molecule has 0 unspecified atom stereocenters. The fourth-order valence-electron chi connectivity index (χ4n) is 1.45. The van der Waals surface area contributed by atoms with Crippen LogP contribution in [-0.2, 0) is 0 Å². The van der Waals surface area contributed by atoms with Crippen LogP contribution in [0.15, 0.2) is 18.2 Å². The summed E-state index contributed by atoms with van der Waals surface area (Å²) in [6.07, 6.45) is -0.374. The summed E-state index contributed by atoms with van der Waals surface area (Å²) in [5.74, 6) is -0.521. The standard InChI is InChI=1S/C13H19ClFNO.ClH/c1-13(2,3)12(16)7-11(17)8-4-5-9(14)10(15)6-8;/h4-6,11-12,17H,7,16H2,1-3H3;1H/t11-,12+;/m0./s1. The molecule has 18 heavy (non-hydrogen) atoms. The van der Waals surface area contributed by atoms with E-state index in [2.05, 4.69) is 0 Å². The highest BCUT2D eigenvalue weighted by molar-refractivity contribution is 6.30. The highest BCUT2D eigenvalue weighted by Crippen LogP contribution is 2.28. The van der Waals surface area contributed by atoms with Gasteiger partial charge in [-0.25, -0.2) is 4.39 Å². The average Bonchev–Trinajstić information content (AvgIpc) is 2.20. The Morgan fingerprint density at radius 1 is 1.39 bits per heavy atom. The second-order valence-corrected chi connectivity index (χ2v) is 5.80. The van der Waals surface area contributed by atoms with Crippen LogP contribution in [0.3, 0.4) is 0 Å². The number of rotatable bonds is 3. The van der Waals surface area contributed by atoms with Crippen molar-refractivity contribution in [1.82, 2.24) is 0 Å². The van der Waals surface area contributed by atoms with Gasteiger partial charge in [0.1, 0.15) is 5.82 Å². The molecular formula is C13H20Cl2FNO. The lowest BCUT2D eigenvalue weighted by Gasteiger charge is -2.29. The Kier molecular flexibility index (Phi) is 6.58. The molecule has 0 saturated carbocycles. The quantitative estimate of drug-likeness (QED) is 0.893. The third kappa shape index (κ3) is 4.73. The van der Waals surface area contributed by atoms with E-state index >= 15 is 0 Å². The molecule has 2 atom stereocenters. The third-order valence-electron chi connectivity index (χ3n) is 2.92. The van der Waals surface area contributed by atoms with E-state index in [1.807, 2.05) is 20.8 Å². The summed E-state index contributed by atoms with van der Waals surface area (Å²) >= 11 is 5.58. The smallest absolute Gasteiger partial charge is 0.142 e. The van der Waals surface area contributed by atoms with Gasteiger partial charge in [-0.15, -0.1) is 12.4 Å². The summed E-state index contributed by atoms with van der Waals surface area (Å²) in [5.41, 5.74) is 6.39. The number of halogens is 3. The van der Waals surface area contributed by atoms with Crippen molar-refractivity contribution < 1.29 is 9.50 Å². The van der Waals surface area contributed by atoms with E-state index in [0.29, 0.717) is 12.0 Å². The van der Waals surface area contributed by atoms with Crippen LogP contribution in [0.25, 0.3) is 0 Å². The minimum Gasteiger partial charge on any atom is -0.388 e. The zero-order valence-corrected chi connectivity index (χ0v) is 12.4. The second kappa shape index (κ2) is 6.71. The SMILES string of the molecule is CC(C)(C)[C@H](N)C[C@H](O)c1ccc(Cl)c(F)c1.Cl. The first kappa shape index (κ1) is 17.6. The number of nitrogens with two attached hydrogens (primary N) is 1. The molecule has 0 bridgehead atoms. The van der Waals surface area contributed by atoms with Crippen LogP contribution in [0.4, 0.5) is 4.39 Å². The van der Waals surface area contributed by atoms with Gasteiger partial charge < -0.3 is 10.8 Å². The highest BCUT2D eigenvalue weighted by Gasteiger charge is 2.24. The number of aliphatic hydroxyl groups is 1. The minimum absolute atomic E-state index is 0. The molecule has 0 heterocycles. The van der Waals surface area contributed by atoms with Crippen LogP contribution in [0, 0.1) is 11.2 Å². The molecule has 0 aliphatic rings. The van der Waals surface area contributed by atoms with Crippen molar-refractivity contribution in [2.75, 3.05) is 0 Å². The Bertz CT molecular complexity index is 393. The van der Waals surface area contributed by atoms with Crippen molar-refractivity contribution in [3.63, 3.8) is 0 Å². The topological polar surface area (TPSA) is 46.2 Å². The van der Waals surface area contributed by atoms with Crippen LogP contribution in [0.2, 0.25) is 5.02 Å². The predicted octanol–water partition coefficient (Wildman–Crippen LogP) is 3.70. The van der Waals surface area contributed by atoms with Crippen LogP contribution < -0.4 is 5.73 Å². The largest absolute Gasteiger partial charge is 0.388 e. The van der Waals surface area contributed by atoms with Gasteiger partial charge in [-0.05, 0) is 29.5 Å². The Hall–Kier alpha value is -0.350. The maximum Gasteiger partial charge on any atom is 0.142 e. The molecule has 0 saturated heterocycles. The normalized spacial score (nSPS) is 14.8. The first-order valence-electron chi connectivity index (χ1n) is 5.60. The van der Waals surface area contributed by atoms with E-state index in [1.165, 1.54) is 12.1 Å². The number of benzene rings is 1. The van der Waals surface area contributed by atoms with Crippen LogP contribution in [0.1, 0.15) is 38.9 Å². The lowest BCUT2D eigenvalue weighted by molar-refractivity contribution is 0.133. The lowest BCUT2D eigenvalue weighted by atomic mass is 9.83. The van der Waals surface area contributed by atoms with Gasteiger partial charge in [0.25, 0.3) is 0 Å². The molecule has 0 aliphatic carbocycles. The molecule has 3 N–H and O–H groups in total. The summed E-state index contributed by atoms with van der Waals surface area (Å²) in [6, 6.07) is 4.16. The van der Waals surface area contributed by atoms with Crippen LogP contribution in [0.5, 0.6) is 0 Å². The second-order valence-electron chi connectivity index (χ2n) is 5.40. The van der Waals surface area contributed by atoms with E-state index in [0.717, 1.165) is 0 Å². The predicted molar refractivity (Wildman–Crippen MR) is 75.7 cm³/mol.